The number of hydrogen-bond acceptors (Lipinski definition) is 7. The van der Waals surface area contributed by atoms with E-state index in [4.69, 9.17) is 4.74 Å². The first-order valence-corrected chi connectivity index (χ1v) is 11.9. The summed E-state index contributed by atoms with van der Waals surface area (Å²) in [6.45, 7) is 3.68. The molecular weight excluding hydrogens is 453 g/mol. The SMILES string of the molecule is O=C(NC12CC(C1)C2)c1c(O)c2cc(-c3ccc(F)cn3)cnc2n(CCN2CCOCC2)c1=O. The van der Waals surface area contributed by atoms with Gasteiger partial charge in [-0.25, -0.2) is 9.37 Å². The zero-order valence-electron chi connectivity index (χ0n) is 19.2. The molecule has 2 N–H and O–H groups in total. The van der Waals surface area contributed by atoms with E-state index < -0.39 is 23.0 Å². The van der Waals surface area contributed by atoms with Crippen LogP contribution in [0.3, 0.4) is 0 Å². The quantitative estimate of drug-likeness (QED) is 0.556. The van der Waals surface area contributed by atoms with Crippen molar-refractivity contribution in [1.82, 2.24) is 24.8 Å². The summed E-state index contributed by atoms with van der Waals surface area (Å²) in [4.78, 5) is 37.5. The minimum absolute atomic E-state index is 0.244. The van der Waals surface area contributed by atoms with E-state index in [0.29, 0.717) is 43.5 Å². The Morgan fingerprint density at radius 3 is 2.60 bits per heavy atom. The minimum atomic E-state index is -0.562. The van der Waals surface area contributed by atoms with Crippen LogP contribution in [0.5, 0.6) is 5.75 Å². The van der Waals surface area contributed by atoms with E-state index in [1.54, 1.807) is 6.07 Å². The summed E-state index contributed by atoms with van der Waals surface area (Å²) in [5.74, 6) is -0.762. The van der Waals surface area contributed by atoms with E-state index in [1.807, 2.05) is 0 Å². The van der Waals surface area contributed by atoms with Crippen molar-refractivity contribution in [3.8, 4) is 17.0 Å². The second kappa shape index (κ2) is 8.39. The zero-order valence-corrected chi connectivity index (χ0v) is 19.2. The summed E-state index contributed by atoms with van der Waals surface area (Å²) in [6, 6.07) is 4.44. The van der Waals surface area contributed by atoms with Gasteiger partial charge in [0, 0.05) is 43.5 Å². The van der Waals surface area contributed by atoms with Gasteiger partial charge in [-0.1, -0.05) is 0 Å². The molecule has 2 bridgehead atoms. The molecule has 0 radical (unpaired) electrons. The number of nitrogens with one attached hydrogen (secondary N) is 1. The third kappa shape index (κ3) is 3.86. The number of pyridine rings is 3. The molecule has 0 aromatic carbocycles. The second-order valence-electron chi connectivity index (χ2n) is 9.80. The molecule has 35 heavy (non-hydrogen) atoms. The number of fused-ring (bicyclic) bond motifs is 1. The minimum Gasteiger partial charge on any atom is -0.506 e. The molecule has 1 aliphatic heterocycles. The van der Waals surface area contributed by atoms with Gasteiger partial charge in [0.25, 0.3) is 11.5 Å². The molecule has 3 aromatic heterocycles. The maximum absolute atomic E-state index is 13.5. The highest BCUT2D eigenvalue weighted by molar-refractivity contribution is 6.02. The Hall–Kier alpha value is -3.37. The highest BCUT2D eigenvalue weighted by Crippen LogP contribution is 2.57. The van der Waals surface area contributed by atoms with Crippen molar-refractivity contribution >= 4 is 16.9 Å². The molecule has 182 valence electrons. The van der Waals surface area contributed by atoms with E-state index in [2.05, 4.69) is 20.2 Å². The van der Waals surface area contributed by atoms with Crippen molar-refractivity contribution in [2.24, 2.45) is 5.92 Å². The molecule has 0 spiro atoms. The number of amides is 1. The number of rotatable bonds is 6. The monoisotopic (exact) mass is 479 g/mol. The van der Waals surface area contributed by atoms with Crippen molar-refractivity contribution in [2.75, 3.05) is 32.8 Å². The summed E-state index contributed by atoms with van der Waals surface area (Å²) in [5.41, 5.74) is 0.214. The summed E-state index contributed by atoms with van der Waals surface area (Å²) >= 11 is 0. The van der Waals surface area contributed by atoms with Gasteiger partial charge in [0.2, 0.25) is 0 Å². The van der Waals surface area contributed by atoms with Gasteiger partial charge in [-0.2, -0.15) is 0 Å². The van der Waals surface area contributed by atoms with E-state index in [1.165, 1.54) is 22.9 Å². The summed E-state index contributed by atoms with van der Waals surface area (Å²) in [7, 11) is 0. The van der Waals surface area contributed by atoms with Crippen LogP contribution in [0.15, 0.2) is 35.4 Å². The molecule has 0 atom stereocenters. The molecule has 0 unspecified atom stereocenters. The number of carbonyl (C=O) groups is 1. The summed E-state index contributed by atoms with van der Waals surface area (Å²) in [6.07, 6.45) is 5.39. The smallest absolute Gasteiger partial charge is 0.268 e. The number of ether oxygens (including phenoxy) is 1. The van der Waals surface area contributed by atoms with E-state index >= 15 is 0 Å². The third-order valence-electron chi connectivity index (χ3n) is 7.48. The van der Waals surface area contributed by atoms with Crippen molar-refractivity contribution in [1.29, 1.82) is 0 Å². The maximum Gasteiger partial charge on any atom is 0.268 e. The first-order valence-electron chi connectivity index (χ1n) is 11.9. The molecule has 3 aliphatic carbocycles. The van der Waals surface area contributed by atoms with E-state index in [-0.39, 0.29) is 22.1 Å². The fraction of sp³-hybridized carbons (Fsp3) is 0.440. The average molecular weight is 480 g/mol. The Morgan fingerprint density at radius 2 is 1.94 bits per heavy atom. The van der Waals surface area contributed by atoms with Crippen LogP contribution in [0, 0.1) is 11.7 Å². The van der Waals surface area contributed by atoms with Gasteiger partial charge in [0.1, 0.15) is 22.8 Å². The van der Waals surface area contributed by atoms with Crippen molar-refractivity contribution in [3.63, 3.8) is 0 Å². The van der Waals surface area contributed by atoms with Crippen LogP contribution in [-0.4, -0.2) is 68.8 Å². The first-order chi connectivity index (χ1) is 16.9. The maximum atomic E-state index is 13.5. The lowest BCUT2D eigenvalue weighted by atomic mass is 9.50. The van der Waals surface area contributed by atoms with Gasteiger partial charge in [-0.05, 0) is 43.4 Å². The fourth-order valence-electron chi connectivity index (χ4n) is 5.41. The van der Waals surface area contributed by atoms with Crippen LogP contribution in [0.1, 0.15) is 29.6 Å². The molecule has 1 saturated heterocycles. The van der Waals surface area contributed by atoms with Crippen molar-refractivity contribution in [3.05, 3.63) is 52.3 Å². The van der Waals surface area contributed by atoms with Crippen LogP contribution in [0.4, 0.5) is 4.39 Å². The molecule has 1 amide bonds. The predicted octanol–water partition coefficient (Wildman–Crippen LogP) is 1.92. The molecule has 4 heterocycles. The van der Waals surface area contributed by atoms with Crippen LogP contribution >= 0.6 is 0 Å². The molecule has 4 aliphatic rings. The second-order valence-corrected chi connectivity index (χ2v) is 9.80. The van der Waals surface area contributed by atoms with Crippen LogP contribution < -0.4 is 10.9 Å². The Kier molecular flexibility index (Phi) is 5.30. The molecule has 9 nitrogen and oxygen atoms in total. The van der Waals surface area contributed by atoms with Crippen LogP contribution in [0.2, 0.25) is 0 Å². The standard InChI is InChI=1S/C25H26FN5O4/c26-17-1-2-19(27-14-17)16-9-18-21(32)20(23(33)29-25-10-15(11-25)12-25)24(34)31(22(18)28-13-16)4-3-30-5-7-35-8-6-30/h1-2,9,13-15,32H,3-8,10-12H2,(H,29,33). The molecule has 4 fully saturated rings. The largest absolute Gasteiger partial charge is 0.506 e. The van der Waals surface area contributed by atoms with Crippen LogP contribution in [-0.2, 0) is 11.3 Å². The molecule has 7 rings (SSSR count). The Balaban J connectivity index is 1.43. The number of halogens is 1. The third-order valence-corrected chi connectivity index (χ3v) is 7.48. The lowest BCUT2D eigenvalue weighted by Gasteiger charge is -2.61. The first kappa shape index (κ1) is 22.1. The van der Waals surface area contributed by atoms with Gasteiger partial charge in [-0.15, -0.1) is 0 Å². The lowest BCUT2D eigenvalue weighted by molar-refractivity contribution is -0.0439. The number of aromatic nitrogens is 3. The van der Waals surface area contributed by atoms with Gasteiger partial charge < -0.3 is 15.2 Å². The number of morpholine rings is 1. The lowest BCUT2D eigenvalue weighted by Crippen LogP contribution is -2.68. The topological polar surface area (TPSA) is 110 Å². The van der Waals surface area contributed by atoms with Crippen molar-refractivity contribution in [2.45, 2.75) is 31.3 Å². The molecule has 3 aromatic rings. The fourth-order valence-corrected chi connectivity index (χ4v) is 5.41. The predicted molar refractivity (Wildman–Crippen MR) is 126 cm³/mol. The Morgan fingerprint density at radius 1 is 1.17 bits per heavy atom. The molecule has 10 heteroatoms. The van der Waals surface area contributed by atoms with E-state index in [0.717, 1.165) is 38.5 Å². The van der Waals surface area contributed by atoms with Gasteiger partial charge in [-0.3, -0.25) is 24.0 Å². The zero-order chi connectivity index (χ0) is 24.2. The molecular formula is C25H26FN5O4. The summed E-state index contributed by atoms with van der Waals surface area (Å²) in [5, 5.41) is 14.4. The highest BCUT2D eigenvalue weighted by atomic mass is 19.1. The normalized spacial score (nSPS) is 23.5. The Bertz CT molecular complexity index is 1350. The van der Waals surface area contributed by atoms with Crippen LogP contribution in [0.25, 0.3) is 22.3 Å². The number of nitrogens with zero attached hydrogens (tertiary/aromatic N) is 4. The van der Waals surface area contributed by atoms with Gasteiger partial charge >= 0.3 is 0 Å². The van der Waals surface area contributed by atoms with Gasteiger partial charge in [0.15, 0.2) is 0 Å². The number of aromatic hydroxyl groups is 1. The average Bonchev–Trinajstić information content (AvgIpc) is 2.81. The van der Waals surface area contributed by atoms with Gasteiger partial charge in [0.05, 0.1) is 30.5 Å². The highest BCUT2D eigenvalue weighted by Gasteiger charge is 2.57. The summed E-state index contributed by atoms with van der Waals surface area (Å²) < 4.78 is 20.2. The van der Waals surface area contributed by atoms with Crippen molar-refractivity contribution < 1.29 is 19.0 Å². The molecule has 3 saturated carbocycles. The number of carbonyl (C=O) groups excluding carboxylic acids is 1. The van der Waals surface area contributed by atoms with E-state index in [9.17, 15) is 19.1 Å². The number of hydrogen-bond donors (Lipinski definition) is 2. The Labute approximate surface area is 200 Å².